The molecule has 1 fully saturated rings. The molecule has 1 atom stereocenters. The maximum atomic E-state index is 12.9. The number of ether oxygens (including phenoxy) is 2. The fourth-order valence-electron chi connectivity index (χ4n) is 3.31. The molecule has 0 bridgehead atoms. The molecule has 1 aliphatic heterocycles. The Hall–Kier alpha value is -1.80. The number of rotatable bonds is 7. The van der Waals surface area contributed by atoms with Gasteiger partial charge in [-0.15, -0.1) is 0 Å². The lowest BCUT2D eigenvalue weighted by molar-refractivity contribution is -0.125. The van der Waals surface area contributed by atoms with Gasteiger partial charge < -0.3 is 20.1 Å². The number of amides is 1. The smallest absolute Gasteiger partial charge is 0.242 e. The Balaban J connectivity index is 2.22. The molecule has 2 rings (SSSR count). The van der Waals surface area contributed by atoms with E-state index in [0.717, 1.165) is 11.8 Å². The Morgan fingerprint density at radius 2 is 1.81 bits per heavy atom. The Labute approximate surface area is 161 Å². The lowest BCUT2D eigenvalue weighted by atomic mass is 9.95. The first-order valence-electron chi connectivity index (χ1n) is 9.16. The van der Waals surface area contributed by atoms with E-state index in [1.807, 2.05) is 26.8 Å². The zero-order chi connectivity index (χ0) is 20.2. The number of piperidine rings is 1. The van der Waals surface area contributed by atoms with Crippen LogP contribution in [0, 0.1) is 0 Å². The van der Waals surface area contributed by atoms with Crippen molar-refractivity contribution in [2.75, 3.05) is 26.5 Å². The third kappa shape index (κ3) is 4.73. The maximum absolute atomic E-state index is 12.9. The predicted octanol–water partition coefficient (Wildman–Crippen LogP) is 1.83. The van der Waals surface area contributed by atoms with E-state index in [1.165, 1.54) is 0 Å². The van der Waals surface area contributed by atoms with Crippen LogP contribution in [0.15, 0.2) is 18.2 Å². The quantitative estimate of drug-likeness (QED) is 0.728. The van der Waals surface area contributed by atoms with Gasteiger partial charge in [-0.05, 0) is 64.4 Å². The van der Waals surface area contributed by atoms with Gasteiger partial charge in [-0.1, -0.05) is 6.07 Å². The molecular formula is C19H30N2O5S. The van der Waals surface area contributed by atoms with Crippen LogP contribution in [-0.2, 0) is 14.6 Å². The van der Waals surface area contributed by atoms with Crippen molar-refractivity contribution in [3.05, 3.63) is 23.8 Å². The van der Waals surface area contributed by atoms with Crippen LogP contribution < -0.4 is 20.1 Å². The number of methoxy groups -OCH3 is 1. The molecule has 0 aliphatic carbocycles. The number of carbonyl (C=O) groups excluding carboxylic acids is 1. The summed E-state index contributed by atoms with van der Waals surface area (Å²) in [5.41, 5.74) is 0.814. The number of benzene rings is 1. The first kappa shape index (κ1) is 21.5. The van der Waals surface area contributed by atoms with Crippen LogP contribution in [0.25, 0.3) is 0 Å². The number of carbonyl (C=O) groups is 1. The largest absolute Gasteiger partial charge is 0.493 e. The molecule has 1 saturated heterocycles. The molecule has 1 heterocycles. The van der Waals surface area contributed by atoms with Crippen molar-refractivity contribution in [3.63, 3.8) is 0 Å². The minimum Gasteiger partial charge on any atom is -0.493 e. The summed E-state index contributed by atoms with van der Waals surface area (Å²) in [6.45, 7) is 6.69. The highest BCUT2D eigenvalue weighted by Crippen LogP contribution is 2.32. The molecule has 2 N–H and O–H groups in total. The highest BCUT2D eigenvalue weighted by Gasteiger charge is 2.48. The second-order valence-corrected chi connectivity index (χ2v) is 9.61. The van der Waals surface area contributed by atoms with Crippen LogP contribution in [0.4, 0.5) is 0 Å². The first-order valence-corrected chi connectivity index (χ1v) is 11.1. The Kier molecular flexibility index (Phi) is 6.75. The van der Waals surface area contributed by atoms with E-state index in [1.54, 1.807) is 19.2 Å². The van der Waals surface area contributed by atoms with Crippen LogP contribution in [0.5, 0.6) is 11.5 Å². The monoisotopic (exact) mass is 398 g/mol. The van der Waals surface area contributed by atoms with Crippen molar-refractivity contribution in [2.24, 2.45) is 0 Å². The molecule has 0 spiro atoms. The van der Waals surface area contributed by atoms with Gasteiger partial charge in [-0.2, -0.15) is 0 Å². The number of nitrogens with one attached hydrogen (secondary N) is 2. The van der Waals surface area contributed by atoms with E-state index in [2.05, 4.69) is 10.6 Å². The number of sulfone groups is 1. The minimum absolute atomic E-state index is 0.0106. The van der Waals surface area contributed by atoms with Crippen LogP contribution in [0.3, 0.4) is 0 Å². The van der Waals surface area contributed by atoms with Gasteiger partial charge >= 0.3 is 0 Å². The molecule has 1 unspecified atom stereocenters. The summed E-state index contributed by atoms with van der Waals surface area (Å²) in [5.74, 6) is 0.753. The zero-order valence-corrected chi connectivity index (χ0v) is 17.5. The number of hydrogen-bond donors (Lipinski definition) is 2. The highest BCUT2D eigenvalue weighted by atomic mass is 32.2. The molecule has 1 aromatic rings. The van der Waals surface area contributed by atoms with Gasteiger partial charge in [0.25, 0.3) is 0 Å². The second-order valence-electron chi connectivity index (χ2n) is 7.29. The van der Waals surface area contributed by atoms with Crippen LogP contribution in [0.1, 0.15) is 45.2 Å². The molecule has 0 radical (unpaired) electrons. The van der Waals surface area contributed by atoms with Gasteiger partial charge in [-0.3, -0.25) is 4.79 Å². The second kappa shape index (κ2) is 8.48. The Bertz CT molecular complexity index is 770. The molecule has 1 aromatic carbocycles. The molecule has 1 aliphatic rings. The molecule has 152 valence electrons. The zero-order valence-electron chi connectivity index (χ0n) is 16.7. The van der Waals surface area contributed by atoms with Crippen molar-refractivity contribution < 1.29 is 22.7 Å². The van der Waals surface area contributed by atoms with E-state index in [9.17, 15) is 13.2 Å². The third-order valence-electron chi connectivity index (χ3n) is 4.93. The third-order valence-corrected chi connectivity index (χ3v) is 6.95. The average Bonchev–Trinajstić information content (AvgIpc) is 2.61. The van der Waals surface area contributed by atoms with E-state index in [-0.39, 0.29) is 25.0 Å². The topological polar surface area (TPSA) is 93.7 Å². The molecule has 0 saturated carbocycles. The van der Waals surface area contributed by atoms with Gasteiger partial charge in [0.05, 0.1) is 19.3 Å². The number of hydrogen-bond acceptors (Lipinski definition) is 6. The summed E-state index contributed by atoms with van der Waals surface area (Å²) in [5, 5.41) is 6.00. The van der Waals surface area contributed by atoms with E-state index < -0.39 is 20.5 Å². The summed E-state index contributed by atoms with van der Waals surface area (Å²) in [6.07, 6.45) is 1.70. The summed E-state index contributed by atoms with van der Waals surface area (Å²) in [7, 11) is -1.99. The van der Waals surface area contributed by atoms with E-state index in [0.29, 0.717) is 24.6 Å². The van der Waals surface area contributed by atoms with Crippen molar-refractivity contribution in [1.29, 1.82) is 0 Å². The van der Waals surface area contributed by atoms with E-state index in [4.69, 9.17) is 9.47 Å². The SMILES string of the molecule is COc1cc(C(C)NC(=O)C2(S(C)(=O)=O)CCNCC2)ccc1OC(C)C. The summed E-state index contributed by atoms with van der Waals surface area (Å²) >= 11 is 0. The molecule has 1 amide bonds. The summed E-state index contributed by atoms with van der Waals surface area (Å²) in [4.78, 5) is 12.9. The molecule has 0 aromatic heterocycles. The minimum atomic E-state index is -3.54. The van der Waals surface area contributed by atoms with Gasteiger partial charge in [0.1, 0.15) is 0 Å². The Morgan fingerprint density at radius 3 is 2.33 bits per heavy atom. The van der Waals surface area contributed by atoms with Crippen LogP contribution in [-0.4, -0.2) is 51.6 Å². The van der Waals surface area contributed by atoms with Gasteiger partial charge in [0.2, 0.25) is 5.91 Å². The average molecular weight is 399 g/mol. The van der Waals surface area contributed by atoms with Crippen molar-refractivity contribution in [1.82, 2.24) is 10.6 Å². The lowest BCUT2D eigenvalue weighted by Crippen LogP contribution is -2.57. The van der Waals surface area contributed by atoms with Crippen molar-refractivity contribution >= 4 is 15.7 Å². The van der Waals surface area contributed by atoms with Crippen LogP contribution in [0.2, 0.25) is 0 Å². The normalized spacial score (nSPS) is 18.0. The fourth-order valence-corrected chi connectivity index (χ4v) is 4.65. The predicted molar refractivity (Wildman–Crippen MR) is 105 cm³/mol. The Morgan fingerprint density at radius 1 is 1.19 bits per heavy atom. The van der Waals surface area contributed by atoms with Gasteiger partial charge in [0, 0.05) is 6.26 Å². The molecule has 7 nitrogen and oxygen atoms in total. The molecule has 8 heteroatoms. The van der Waals surface area contributed by atoms with Gasteiger partial charge in [0.15, 0.2) is 26.1 Å². The van der Waals surface area contributed by atoms with Crippen molar-refractivity contribution in [3.8, 4) is 11.5 Å². The maximum Gasteiger partial charge on any atom is 0.242 e. The van der Waals surface area contributed by atoms with E-state index >= 15 is 0 Å². The molecular weight excluding hydrogens is 368 g/mol. The first-order chi connectivity index (χ1) is 12.6. The summed E-state index contributed by atoms with van der Waals surface area (Å²) < 4.78 is 34.5. The van der Waals surface area contributed by atoms with Crippen LogP contribution >= 0.6 is 0 Å². The standard InChI is InChI=1S/C19H30N2O5S/c1-13(2)26-16-7-6-15(12-17(16)25-4)14(3)21-18(22)19(27(5,23)24)8-10-20-11-9-19/h6-7,12-14,20H,8-11H2,1-5H3,(H,21,22). The summed E-state index contributed by atoms with van der Waals surface area (Å²) in [6, 6.07) is 5.08. The molecule has 27 heavy (non-hydrogen) atoms. The highest BCUT2D eigenvalue weighted by molar-refractivity contribution is 7.92. The lowest BCUT2D eigenvalue weighted by Gasteiger charge is -2.35. The van der Waals surface area contributed by atoms with Gasteiger partial charge in [-0.25, -0.2) is 8.42 Å². The fraction of sp³-hybridized carbons (Fsp3) is 0.632. The van der Waals surface area contributed by atoms with Crippen molar-refractivity contribution in [2.45, 2.75) is 50.5 Å².